The molecule has 9 nitrogen and oxygen atoms in total. The van der Waals surface area contributed by atoms with E-state index in [1.54, 1.807) is 57.2 Å². The second kappa shape index (κ2) is 9.00. The zero-order valence-electron chi connectivity index (χ0n) is 15.5. The molecule has 0 bridgehead atoms. The number of hydrogen-bond acceptors (Lipinski definition) is 6. The van der Waals surface area contributed by atoms with Gasteiger partial charge in [-0.05, 0) is 57.3 Å². The Balaban J connectivity index is 1.97. The van der Waals surface area contributed by atoms with Crippen LogP contribution in [0.25, 0.3) is 0 Å². The van der Waals surface area contributed by atoms with Crippen molar-refractivity contribution in [1.29, 1.82) is 0 Å². The second-order valence-corrected chi connectivity index (χ2v) is 6.93. The van der Waals surface area contributed by atoms with Gasteiger partial charge in [0.1, 0.15) is 22.9 Å². The Morgan fingerprint density at radius 1 is 1.11 bits per heavy atom. The van der Waals surface area contributed by atoms with E-state index < -0.39 is 17.8 Å². The maximum absolute atomic E-state index is 11.8. The summed E-state index contributed by atoms with van der Waals surface area (Å²) in [5.74, 6) is 1.28. The van der Waals surface area contributed by atoms with Gasteiger partial charge in [0, 0.05) is 11.8 Å². The van der Waals surface area contributed by atoms with Crippen LogP contribution >= 0.6 is 12.2 Å². The molecule has 1 aromatic carbocycles. The van der Waals surface area contributed by atoms with E-state index in [4.69, 9.17) is 26.8 Å². The van der Waals surface area contributed by atoms with Crippen molar-refractivity contribution in [2.45, 2.75) is 26.4 Å². The van der Waals surface area contributed by atoms with Gasteiger partial charge in [-0.1, -0.05) is 6.07 Å². The van der Waals surface area contributed by atoms with E-state index in [1.165, 1.54) is 6.20 Å². The fourth-order valence-electron chi connectivity index (χ4n) is 1.95. The quantitative estimate of drug-likeness (QED) is 0.560. The van der Waals surface area contributed by atoms with E-state index in [9.17, 15) is 9.59 Å². The van der Waals surface area contributed by atoms with Crippen LogP contribution in [0.1, 0.15) is 20.8 Å². The summed E-state index contributed by atoms with van der Waals surface area (Å²) in [7, 11) is 0. The first-order chi connectivity index (χ1) is 13.1. The normalized spacial score (nSPS) is 10.5. The van der Waals surface area contributed by atoms with Crippen molar-refractivity contribution < 1.29 is 24.2 Å². The molecule has 0 atom stereocenters. The van der Waals surface area contributed by atoms with Crippen LogP contribution in [0.3, 0.4) is 0 Å². The molecule has 0 aliphatic heterocycles. The van der Waals surface area contributed by atoms with Crippen LogP contribution < -0.4 is 20.7 Å². The Morgan fingerprint density at radius 3 is 2.46 bits per heavy atom. The zero-order valence-corrected chi connectivity index (χ0v) is 16.3. The standard InChI is InChI=1S/C18H20N4O5S/c1-18(2,3)27-17(25)20-11-5-4-6-12(9-11)26-13-7-8-14(19-10-13)21-15(28)22-16(23)24/h4-10H,1-3H3,(H,20,25)(H,23,24)(H2,19,21,22,28). The van der Waals surface area contributed by atoms with Crippen molar-refractivity contribution in [1.82, 2.24) is 10.3 Å². The Hall–Kier alpha value is -3.40. The molecule has 1 heterocycles. The predicted molar refractivity (Wildman–Crippen MR) is 108 cm³/mol. The van der Waals surface area contributed by atoms with Crippen molar-refractivity contribution in [3.05, 3.63) is 42.6 Å². The average molecular weight is 404 g/mol. The molecule has 0 aliphatic rings. The first-order valence-electron chi connectivity index (χ1n) is 8.16. The lowest BCUT2D eigenvalue weighted by molar-refractivity contribution is 0.0636. The molecule has 0 saturated carbocycles. The molecule has 10 heteroatoms. The summed E-state index contributed by atoms with van der Waals surface area (Å²) in [5, 5.41) is 15.8. The van der Waals surface area contributed by atoms with Crippen LogP contribution in [0.15, 0.2) is 42.6 Å². The van der Waals surface area contributed by atoms with Crippen LogP contribution in [0.5, 0.6) is 11.5 Å². The number of amides is 2. The summed E-state index contributed by atoms with van der Waals surface area (Å²) in [4.78, 5) is 26.4. The molecule has 2 aromatic rings. The minimum absolute atomic E-state index is 0.0883. The number of aromatic nitrogens is 1. The molecule has 28 heavy (non-hydrogen) atoms. The van der Waals surface area contributed by atoms with Crippen LogP contribution in [0, 0.1) is 0 Å². The predicted octanol–water partition coefficient (Wildman–Crippen LogP) is 4.19. The monoisotopic (exact) mass is 404 g/mol. The SMILES string of the molecule is CC(C)(C)OC(=O)Nc1cccc(Oc2ccc(NC(=S)NC(=O)O)nc2)c1. The number of thiocarbonyl (C=S) groups is 1. The van der Waals surface area contributed by atoms with Crippen LogP contribution in [-0.4, -0.2) is 33.0 Å². The number of hydrogen-bond donors (Lipinski definition) is 4. The van der Waals surface area contributed by atoms with Crippen molar-refractivity contribution in [3.63, 3.8) is 0 Å². The maximum atomic E-state index is 11.8. The number of anilines is 2. The van der Waals surface area contributed by atoms with Crippen LogP contribution in [-0.2, 0) is 4.74 Å². The number of carboxylic acid groups (broad SMARTS) is 1. The van der Waals surface area contributed by atoms with E-state index in [2.05, 4.69) is 15.6 Å². The summed E-state index contributed by atoms with van der Waals surface area (Å²) in [6.07, 6.45) is -0.385. The van der Waals surface area contributed by atoms with E-state index in [0.29, 0.717) is 23.0 Å². The van der Waals surface area contributed by atoms with Gasteiger partial charge in [0.15, 0.2) is 5.11 Å². The molecule has 1 aromatic heterocycles. The minimum atomic E-state index is -1.27. The molecule has 0 aliphatic carbocycles. The summed E-state index contributed by atoms with van der Waals surface area (Å²) in [6, 6.07) is 10.0. The number of carbonyl (C=O) groups excluding carboxylic acids is 1. The fourth-order valence-corrected chi connectivity index (χ4v) is 2.15. The second-order valence-electron chi connectivity index (χ2n) is 6.52. The number of carbonyl (C=O) groups is 2. The average Bonchev–Trinajstić information content (AvgIpc) is 2.54. The molecular formula is C18H20N4O5S. The third kappa shape index (κ3) is 7.46. The van der Waals surface area contributed by atoms with Gasteiger partial charge in [-0.2, -0.15) is 0 Å². The lowest BCUT2D eigenvalue weighted by Gasteiger charge is -2.19. The topological polar surface area (TPSA) is 122 Å². The highest BCUT2D eigenvalue weighted by molar-refractivity contribution is 7.80. The number of rotatable bonds is 4. The summed E-state index contributed by atoms with van der Waals surface area (Å²) >= 11 is 4.81. The van der Waals surface area contributed by atoms with Crippen molar-refractivity contribution in [2.24, 2.45) is 0 Å². The maximum Gasteiger partial charge on any atom is 0.412 e. The summed E-state index contributed by atoms with van der Waals surface area (Å²) in [6.45, 7) is 5.34. The number of pyridine rings is 1. The summed E-state index contributed by atoms with van der Waals surface area (Å²) in [5.41, 5.74) is -0.0785. The molecule has 2 amide bonds. The van der Waals surface area contributed by atoms with E-state index in [1.807, 2.05) is 5.32 Å². The molecule has 2 rings (SSSR count). The molecule has 0 spiro atoms. The highest BCUT2D eigenvalue weighted by Crippen LogP contribution is 2.24. The number of nitrogens with one attached hydrogen (secondary N) is 3. The largest absolute Gasteiger partial charge is 0.465 e. The van der Waals surface area contributed by atoms with E-state index >= 15 is 0 Å². The molecule has 0 saturated heterocycles. The third-order valence-corrected chi connectivity index (χ3v) is 3.12. The zero-order chi connectivity index (χ0) is 20.7. The molecule has 4 N–H and O–H groups in total. The van der Waals surface area contributed by atoms with Gasteiger partial charge in [0.05, 0.1) is 6.20 Å². The first kappa shape index (κ1) is 20.9. The van der Waals surface area contributed by atoms with Crippen molar-refractivity contribution in [3.8, 4) is 11.5 Å². The Labute approximate surface area is 167 Å². The van der Waals surface area contributed by atoms with Gasteiger partial charge in [-0.25, -0.2) is 14.6 Å². The Bertz CT molecular complexity index is 865. The number of nitrogens with zero attached hydrogens (tertiary/aromatic N) is 1. The minimum Gasteiger partial charge on any atom is -0.465 e. The van der Waals surface area contributed by atoms with Gasteiger partial charge in [-0.15, -0.1) is 0 Å². The van der Waals surface area contributed by atoms with Crippen molar-refractivity contribution in [2.75, 3.05) is 10.6 Å². The van der Waals surface area contributed by atoms with Crippen molar-refractivity contribution >= 4 is 41.0 Å². The highest BCUT2D eigenvalue weighted by atomic mass is 32.1. The van der Waals surface area contributed by atoms with Gasteiger partial charge in [0.2, 0.25) is 0 Å². The van der Waals surface area contributed by atoms with E-state index in [0.717, 1.165) is 0 Å². The van der Waals surface area contributed by atoms with Crippen LogP contribution in [0.2, 0.25) is 0 Å². The molecular weight excluding hydrogens is 384 g/mol. The third-order valence-electron chi connectivity index (χ3n) is 2.91. The van der Waals surface area contributed by atoms with Gasteiger partial charge < -0.3 is 19.9 Å². The molecule has 0 fully saturated rings. The summed E-state index contributed by atoms with van der Waals surface area (Å²) < 4.78 is 10.9. The molecule has 0 radical (unpaired) electrons. The Kier molecular flexibility index (Phi) is 6.72. The molecule has 148 valence electrons. The van der Waals surface area contributed by atoms with Gasteiger partial charge >= 0.3 is 12.2 Å². The van der Waals surface area contributed by atoms with E-state index in [-0.39, 0.29) is 5.11 Å². The smallest absolute Gasteiger partial charge is 0.412 e. The Morgan fingerprint density at radius 2 is 1.86 bits per heavy atom. The molecule has 0 unspecified atom stereocenters. The number of ether oxygens (including phenoxy) is 2. The lowest BCUT2D eigenvalue weighted by atomic mass is 10.2. The fraction of sp³-hybridized carbons (Fsp3) is 0.222. The first-order valence-corrected chi connectivity index (χ1v) is 8.56. The number of benzene rings is 1. The van der Waals surface area contributed by atoms with Crippen LogP contribution in [0.4, 0.5) is 21.1 Å². The van der Waals surface area contributed by atoms with Gasteiger partial charge in [0.25, 0.3) is 0 Å². The highest BCUT2D eigenvalue weighted by Gasteiger charge is 2.16. The van der Waals surface area contributed by atoms with Gasteiger partial charge in [-0.3, -0.25) is 10.6 Å². The lowest BCUT2D eigenvalue weighted by Crippen LogP contribution is -2.32.